The van der Waals surface area contributed by atoms with Gasteiger partial charge < -0.3 is 10.6 Å². The van der Waals surface area contributed by atoms with Crippen molar-refractivity contribution in [1.82, 2.24) is 19.9 Å². The first-order chi connectivity index (χ1) is 18.9. The van der Waals surface area contributed by atoms with E-state index >= 15 is 0 Å². The summed E-state index contributed by atoms with van der Waals surface area (Å²) < 4.78 is 42.2. The predicted molar refractivity (Wildman–Crippen MR) is 141 cm³/mol. The summed E-state index contributed by atoms with van der Waals surface area (Å²) in [5.41, 5.74) is 4.60. The molecule has 0 saturated carbocycles. The molecule has 1 fully saturated rings. The molecule has 1 unspecified atom stereocenters. The summed E-state index contributed by atoms with van der Waals surface area (Å²) in [6.07, 6.45) is -0.251. The fraction of sp³-hybridized carbons (Fsp3) is 0.393. The lowest BCUT2D eigenvalue weighted by atomic mass is 10.0. The number of carbonyl (C=O) groups excluding carboxylic acids is 2. The van der Waals surface area contributed by atoms with Gasteiger partial charge in [0.05, 0.1) is 40.5 Å². The minimum absolute atomic E-state index is 0.0540. The van der Waals surface area contributed by atoms with E-state index in [2.05, 4.69) is 17.2 Å². The number of amides is 3. The normalized spacial score (nSPS) is 15.9. The SMILES string of the molecule is CC(CCN)CCc1cn(-c2ccc(CN3C(=O)N(c4ccc(C#N)c(C(F)(F)F)c4)C(=O)C3(C)C)cc2)nn1. The number of aryl methyl sites for hydroxylation is 1. The first-order valence-electron chi connectivity index (χ1n) is 12.8. The van der Waals surface area contributed by atoms with Crippen LogP contribution in [0.25, 0.3) is 5.69 Å². The van der Waals surface area contributed by atoms with Crippen LogP contribution in [0.5, 0.6) is 0 Å². The maximum Gasteiger partial charge on any atom is 0.417 e. The number of carbonyl (C=O) groups is 2. The summed E-state index contributed by atoms with van der Waals surface area (Å²) in [6.45, 7) is 5.95. The van der Waals surface area contributed by atoms with Crippen LogP contribution in [0.1, 0.15) is 56.0 Å². The first-order valence-corrected chi connectivity index (χ1v) is 12.8. The van der Waals surface area contributed by atoms with Crippen LogP contribution >= 0.6 is 0 Å². The van der Waals surface area contributed by atoms with Gasteiger partial charge in [-0.3, -0.25) is 4.79 Å². The van der Waals surface area contributed by atoms with Crippen molar-refractivity contribution in [2.75, 3.05) is 11.4 Å². The van der Waals surface area contributed by atoms with Gasteiger partial charge >= 0.3 is 12.2 Å². The Balaban J connectivity index is 1.51. The second-order valence-corrected chi connectivity index (χ2v) is 10.4. The zero-order chi connectivity index (χ0) is 29.2. The molecule has 40 heavy (non-hydrogen) atoms. The zero-order valence-corrected chi connectivity index (χ0v) is 22.4. The van der Waals surface area contributed by atoms with Crippen molar-refractivity contribution in [3.63, 3.8) is 0 Å². The highest BCUT2D eigenvalue weighted by atomic mass is 19.4. The molecular weight excluding hydrogens is 523 g/mol. The number of nitrogens with two attached hydrogens (primary N) is 1. The fourth-order valence-corrected chi connectivity index (χ4v) is 4.63. The van der Waals surface area contributed by atoms with E-state index in [0.717, 1.165) is 41.6 Å². The highest BCUT2D eigenvalue weighted by Gasteiger charge is 2.52. The monoisotopic (exact) mass is 553 g/mol. The molecule has 0 radical (unpaired) electrons. The van der Waals surface area contributed by atoms with E-state index in [-0.39, 0.29) is 12.2 Å². The minimum Gasteiger partial charge on any atom is -0.330 e. The Morgan fingerprint density at radius 2 is 1.75 bits per heavy atom. The van der Waals surface area contributed by atoms with E-state index in [1.165, 1.54) is 17.0 Å². The molecule has 1 atom stereocenters. The van der Waals surface area contributed by atoms with Gasteiger partial charge in [-0.2, -0.15) is 18.4 Å². The Morgan fingerprint density at radius 1 is 1.07 bits per heavy atom. The summed E-state index contributed by atoms with van der Waals surface area (Å²) >= 11 is 0. The van der Waals surface area contributed by atoms with Gasteiger partial charge in [-0.05, 0) is 81.5 Å². The summed E-state index contributed by atoms with van der Waals surface area (Å²) in [7, 11) is 0. The van der Waals surface area contributed by atoms with Crippen LogP contribution in [0.2, 0.25) is 0 Å². The molecule has 0 bridgehead atoms. The smallest absolute Gasteiger partial charge is 0.330 e. The number of alkyl halides is 3. The summed E-state index contributed by atoms with van der Waals surface area (Å²) in [4.78, 5) is 28.6. The van der Waals surface area contributed by atoms with Crippen LogP contribution in [0, 0.1) is 17.2 Å². The summed E-state index contributed by atoms with van der Waals surface area (Å²) in [6, 6.07) is 10.8. The first kappa shape index (κ1) is 28.8. The van der Waals surface area contributed by atoms with Gasteiger partial charge in [-0.25, -0.2) is 14.4 Å². The number of rotatable bonds is 9. The molecule has 9 nitrogen and oxygen atoms in total. The van der Waals surface area contributed by atoms with Crippen molar-refractivity contribution < 1.29 is 22.8 Å². The second-order valence-electron chi connectivity index (χ2n) is 10.4. The Kier molecular flexibility index (Phi) is 7.98. The van der Waals surface area contributed by atoms with Crippen molar-refractivity contribution in [3.8, 4) is 11.8 Å². The highest BCUT2D eigenvalue weighted by molar-refractivity contribution is 6.23. The van der Waals surface area contributed by atoms with Gasteiger partial charge in [0.1, 0.15) is 5.54 Å². The Bertz CT molecular complexity index is 1440. The third-order valence-electron chi connectivity index (χ3n) is 7.15. The number of benzene rings is 2. The van der Waals surface area contributed by atoms with Gasteiger partial charge in [-0.15, -0.1) is 5.10 Å². The number of urea groups is 1. The number of aromatic nitrogens is 3. The molecule has 1 aliphatic rings. The standard InChI is InChI=1S/C28H30F3N7O2/c1-18(12-13-32)4-8-21-17-37(35-34-21)22-9-5-19(6-10-22)16-36-26(40)38(25(39)27(36,2)3)23-11-7-20(15-33)24(14-23)28(29,30)31/h5-7,9-11,14,17-18H,4,8,12-13,16,32H2,1-3H3. The molecule has 2 N–H and O–H groups in total. The van der Waals surface area contributed by atoms with Crippen molar-refractivity contribution in [1.29, 1.82) is 5.26 Å². The van der Waals surface area contributed by atoms with E-state index in [1.54, 1.807) is 30.7 Å². The van der Waals surface area contributed by atoms with Gasteiger partial charge in [0.2, 0.25) is 0 Å². The van der Waals surface area contributed by atoms with Gasteiger partial charge in [0.25, 0.3) is 5.91 Å². The molecule has 12 heteroatoms. The summed E-state index contributed by atoms with van der Waals surface area (Å²) in [5, 5.41) is 17.5. The maximum absolute atomic E-state index is 13.5. The van der Waals surface area contributed by atoms with Crippen LogP contribution < -0.4 is 10.6 Å². The number of hydrogen-bond acceptors (Lipinski definition) is 6. The van der Waals surface area contributed by atoms with Gasteiger partial charge in [0, 0.05) is 6.54 Å². The van der Waals surface area contributed by atoms with Crippen LogP contribution in [-0.2, 0) is 23.9 Å². The molecule has 0 spiro atoms. The molecule has 3 amide bonds. The van der Waals surface area contributed by atoms with Crippen LogP contribution in [-0.4, -0.2) is 43.9 Å². The molecule has 1 saturated heterocycles. The molecule has 2 heterocycles. The number of imide groups is 1. The van der Waals surface area contributed by atoms with Crippen molar-refractivity contribution >= 4 is 17.6 Å². The van der Waals surface area contributed by atoms with Crippen LogP contribution in [0.3, 0.4) is 0 Å². The van der Waals surface area contributed by atoms with E-state index in [1.807, 2.05) is 18.3 Å². The highest BCUT2D eigenvalue weighted by Crippen LogP contribution is 2.38. The maximum atomic E-state index is 13.5. The van der Waals surface area contributed by atoms with Crippen molar-refractivity contribution in [2.24, 2.45) is 11.7 Å². The molecule has 2 aromatic carbocycles. The molecule has 0 aliphatic carbocycles. The average molecular weight is 554 g/mol. The van der Waals surface area contributed by atoms with E-state index < -0.39 is 34.8 Å². The molecular formula is C28H30F3N7O2. The lowest BCUT2D eigenvalue weighted by Gasteiger charge is -2.27. The van der Waals surface area contributed by atoms with Crippen molar-refractivity contribution in [3.05, 3.63) is 71.0 Å². The van der Waals surface area contributed by atoms with Crippen molar-refractivity contribution in [2.45, 2.75) is 58.3 Å². The average Bonchev–Trinajstić information content (AvgIpc) is 3.45. The lowest BCUT2D eigenvalue weighted by Crippen LogP contribution is -2.43. The van der Waals surface area contributed by atoms with Gasteiger partial charge in [-0.1, -0.05) is 24.3 Å². The Hall–Kier alpha value is -4.24. The number of nitrogens with zero attached hydrogens (tertiary/aromatic N) is 6. The fourth-order valence-electron chi connectivity index (χ4n) is 4.63. The molecule has 1 aliphatic heterocycles. The zero-order valence-electron chi connectivity index (χ0n) is 22.4. The Labute approximate surface area is 230 Å². The number of halogens is 3. The van der Waals surface area contributed by atoms with E-state index in [9.17, 15) is 22.8 Å². The number of anilines is 1. The number of nitriles is 1. The topological polar surface area (TPSA) is 121 Å². The quantitative estimate of drug-likeness (QED) is 0.379. The third-order valence-corrected chi connectivity index (χ3v) is 7.15. The third kappa shape index (κ3) is 5.70. The van der Waals surface area contributed by atoms with Gasteiger partial charge in [0.15, 0.2) is 0 Å². The van der Waals surface area contributed by atoms with E-state index in [0.29, 0.717) is 24.1 Å². The van der Waals surface area contributed by atoms with Crippen LogP contribution in [0.15, 0.2) is 48.7 Å². The molecule has 4 rings (SSSR count). The minimum atomic E-state index is -4.82. The Morgan fingerprint density at radius 3 is 2.38 bits per heavy atom. The van der Waals surface area contributed by atoms with Crippen LogP contribution in [0.4, 0.5) is 23.7 Å². The second kappa shape index (κ2) is 11.1. The predicted octanol–water partition coefficient (Wildman–Crippen LogP) is 4.82. The van der Waals surface area contributed by atoms with E-state index in [4.69, 9.17) is 11.0 Å². The largest absolute Gasteiger partial charge is 0.417 e. The number of hydrogen-bond donors (Lipinski definition) is 1. The molecule has 210 valence electrons. The lowest BCUT2D eigenvalue weighted by molar-refractivity contribution is -0.137. The molecule has 3 aromatic rings. The summed E-state index contributed by atoms with van der Waals surface area (Å²) in [5.74, 6) is -0.165. The molecule has 1 aromatic heterocycles.